The topological polar surface area (TPSA) is 50.4 Å². The fraction of sp³-hybridized carbons (Fsp3) is 0.667. The van der Waals surface area contributed by atoms with Gasteiger partial charge in [0.1, 0.15) is 5.84 Å². The maximum atomic E-state index is 5.57. The van der Waals surface area contributed by atoms with Crippen LogP contribution in [0, 0.1) is 5.92 Å². The molecule has 0 aliphatic carbocycles. The molecule has 0 radical (unpaired) electrons. The first-order valence-corrected chi connectivity index (χ1v) is 9.48. The van der Waals surface area contributed by atoms with Crippen molar-refractivity contribution in [2.24, 2.45) is 16.8 Å². The van der Waals surface area contributed by atoms with Crippen LogP contribution in [0.2, 0.25) is 0 Å². The van der Waals surface area contributed by atoms with Crippen molar-refractivity contribution in [2.45, 2.75) is 79.1 Å². The SMILES string of the molecule is CC(C)=CCC/C=C(\C)CC/C(C)=C/CC[C@H]1CCCN=C1NN. The van der Waals surface area contributed by atoms with Crippen LogP contribution in [0.3, 0.4) is 0 Å². The lowest BCUT2D eigenvalue weighted by Crippen LogP contribution is -2.38. The van der Waals surface area contributed by atoms with Crippen LogP contribution in [-0.2, 0) is 0 Å². The molecule has 1 aliphatic heterocycles. The lowest BCUT2D eigenvalue weighted by atomic mass is 9.93. The van der Waals surface area contributed by atoms with Gasteiger partial charge in [-0.1, -0.05) is 34.9 Å². The standard InChI is InChI=1S/C21H37N3/c1-17(2)9-5-6-10-18(3)14-15-19(4)11-7-12-20-13-8-16-23-21(20)24-22/h9-11,20H,5-8,12-16,22H2,1-4H3,(H,23,24)/b18-10+,19-11+/t20-/m0/s1. The molecule has 136 valence electrons. The number of unbranched alkanes of at least 4 members (excludes halogenated alkanes) is 1. The van der Waals surface area contributed by atoms with Gasteiger partial charge in [0.2, 0.25) is 0 Å². The Morgan fingerprint density at radius 2 is 1.67 bits per heavy atom. The van der Waals surface area contributed by atoms with Gasteiger partial charge in [-0.3, -0.25) is 4.99 Å². The van der Waals surface area contributed by atoms with Gasteiger partial charge in [-0.05, 0) is 79.1 Å². The summed E-state index contributed by atoms with van der Waals surface area (Å²) in [4.78, 5) is 4.48. The number of nitrogens with one attached hydrogen (secondary N) is 1. The van der Waals surface area contributed by atoms with E-state index in [-0.39, 0.29) is 0 Å². The molecular weight excluding hydrogens is 294 g/mol. The summed E-state index contributed by atoms with van der Waals surface area (Å²) >= 11 is 0. The van der Waals surface area contributed by atoms with Gasteiger partial charge in [0.05, 0.1) is 0 Å². The lowest BCUT2D eigenvalue weighted by Gasteiger charge is -2.22. The lowest BCUT2D eigenvalue weighted by molar-refractivity contribution is 0.519. The minimum atomic E-state index is 0.518. The smallest absolute Gasteiger partial charge is 0.113 e. The monoisotopic (exact) mass is 331 g/mol. The normalized spacial score (nSPS) is 19.0. The molecule has 1 heterocycles. The Balaban J connectivity index is 2.26. The first-order chi connectivity index (χ1) is 11.5. The van der Waals surface area contributed by atoms with Crippen molar-refractivity contribution in [1.29, 1.82) is 0 Å². The van der Waals surface area contributed by atoms with E-state index >= 15 is 0 Å². The number of allylic oxidation sites excluding steroid dienone is 6. The first-order valence-electron chi connectivity index (χ1n) is 9.48. The van der Waals surface area contributed by atoms with E-state index in [9.17, 15) is 0 Å². The highest BCUT2D eigenvalue weighted by Crippen LogP contribution is 2.20. The number of nitrogens with two attached hydrogens (primary N) is 1. The second-order valence-electron chi connectivity index (χ2n) is 7.29. The Hall–Kier alpha value is -1.35. The zero-order valence-electron chi connectivity index (χ0n) is 16.2. The highest BCUT2D eigenvalue weighted by molar-refractivity contribution is 5.84. The molecule has 0 unspecified atom stereocenters. The first kappa shape index (κ1) is 20.7. The molecule has 1 aliphatic rings. The minimum absolute atomic E-state index is 0.518. The second-order valence-corrected chi connectivity index (χ2v) is 7.29. The van der Waals surface area contributed by atoms with E-state index in [1.807, 2.05) is 0 Å². The van der Waals surface area contributed by atoms with Gasteiger partial charge in [-0.25, -0.2) is 5.84 Å². The second kappa shape index (κ2) is 12.1. The zero-order chi connectivity index (χ0) is 17.8. The van der Waals surface area contributed by atoms with Crippen LogP contribution in [0.4, 0.5) is 0 Å². The summed E-state index contributed by atoms with van der Waals surface area (Å²) in [5.41, 5.74) is 7.21. The van der Waals surface area contributed by atoms with Gasteiger partial charge in [-0.15, -0.1) is 0 Å². The van der Waals surface area contributed by atoms with Crippen molar-refractivity contribution in [3.63, 3.8) is 0 Å². The minimum Gasteiger partial charge on any atom is -0.312 e. The fourth-order valence-electron chi connectivity index (χ4n) is 3.08. The molecule has 1 rings (SSSR count). The number of nitrogens with zero attached hydrogens (tertiary/aromatic N) is 1. The summed E-state index contributed by atoms with van der Waals surface area (Å²) in [5, 5.41) is 0. The Morgan fingerprint density at radius 3 is 2.29 bits per heavy atom. The molecule has 0 amide bonds. The molecule has 0 aromatic rings. The molecule has 3 N–H and O–H groups in total. The van der Waals surface area contributed by atoms with Crippen LogP contribution in [-0.4, -0.2) is 12.4 Å². The summed E-state index contributed by atoms with van der Waals surface area (Å²) in [6.45, 7) is 9.76. The molecule has 0 spiro atoms. The molecule has 0 saturated heterocycles. The van der Waals surface area contributed by atoms with Crippen molar-refractivity contribution in [1.82, 2.24) is 5.43 Å². The highest BCUT2D eigenvalue weighted by Gasteiger charge is 2.17. The summed E-state index contributed by atoms with van der Waals surface area (Å²) in [5.74, 6) is 7.09. The van der Waals surface area contributed by atoms with E-state index in [1.165, 1.54) is 42.4 Å². The Bertz CT molecular complexity index is 479. The average molecular weight is 332 g/mol. The number of amidine groups is 1. The van der Waals surface area contributed by atoms with E-state index in [4.69, 9.17) is 5.84 Å². The van der Waals surface area contributed by atoms with Crippen LogP contribution in [0.5, 0.6) is 0 Å². The van der Waals surface area contributed by atoms with Crippen molar-refractivity contribution >= 4 is 5.84 Å². The van der Waals surface area contributed by atoms with Crippen LogP contribution in [0.1, 0.15) is 79.1 Å². The predicted molar refractivity (Wildman–Crippen MR) is 107 cm³/mol. The Morgan fingerprint density at radius 1 is 1.04 bits per heavy atom. The van der Waals surface area contributed by atoms with Gasteiger partial charge >= 0.3 is 0 Å². The van der Waals surface area contributed by atoms with Gasteiger partial charge in [0, 0.05) is 12.5 Å². The van der Waals surface area contributed by atoms with Crippen LogP contribution < -0.4 is 11.3 Å². The molecule has 24 heavy (non-hydrogen) atoms. The van der Waals surface area contributed by atoms with Crippen LogP contribution >= 0.6 is 0 Å². The third-order valence-corrected chi connectivity index (χ3v) is 4.66. The summed E-state index contributed by atoms with van der Waals surface area (Å²) in [7, 11) is 0. The molecule has 1 atom stereocenters. The number of rotatable bonds is 9. The largest absolute Gasteiger partial charge is 0.312 e. The van der Waals surface area contributed by atoms with Crippen LogP contribution in [0.25, 0.3) is 0 Å². The van der Waals surface area contributed by atoms with Gasteiger partial charge in [0.25, 0.3) is 0 Å². The highest BCUT2D eigenvalue weighted by atomic mass is 15.3. The molecule has 3 nitrogen and oxygen atoms in total. The number of hydrazine groups is 1. The Kier molecular flexibility index (Phi) is 10.4. The maximum Gasteiger partial charge on any atom is 0.113 e. The molecule has 0 bridgehead atoms. The van der Waals surface area contributed by atoms with E-state index in [0.717, 1.165) is 38.1 Å². The molecular formula is C21H37N3. The summed E-state index contributed by atoms with van der Waals surface area (Å²) < 4.78 is 0. The van der Waals surface area contributed by atoms with Crippen LogP contribution in [0.15, 0.2) is 39.9 Å². The van der Waals surface area contributed by atoms with Crippen molar-refractivity contribution in [3.05, 3.63) is 34.9 Å². The fourth-order valence-corrected chi connectivity index (χ4v) is 3.08. The van der Waals surface area contributed by atoms with E-state index in [1.54, 1.807) is 0 Å². The third kappa shape index (κ3) is 9.07. The molecule has 0 aromatic heterocycles. The zero-order valence-corrected chi connectivity index (χ0v) is 16.2. The van der Waals surface area contributed by atoms with E-state index < -0.39 is 0 Å². The molecule has 0 fully saturated rings. The number of aliphatic imine (C=N–C) groups is 1. The summed E-state index contributed by atoms with van der Waals surface area (Å²) in [6, 6.07) is 0. The average Bonchev–Trinajstić information content (AvgIpc) is 2.57. The molecule has 0 aromatic carbocycles. The van der Waals surface area contributed by atoms with Gasteiger partial charge in [0.15, 0.2) is 0 Å². The predicted octanol–water partition coefficient (Wildman–Crippen LogP) is 5.46. The van der Waals surface area contributed by atoms with E-state index in [2.05, 4.69) is 56.3 Å². The van der Waals surface area contributed by atoms with Gasteiger partial charge in [-0.2, -0.15) is 0 Å². The van der Waals surface area contributed by atoms with E-state index in [0.29, 0.717) is 5.92 Å². The van der Waals surface area contributed by atoms with Gasteiger partial charge < -0.3 is 5.43 Å². The van der Waals surface area contributed by atoms with Crippen molar-refractivity contribution in [3.8, 4) is 0 Å². The number of hydrogen-bond acceptors (Lipinski definition) is 3. The number of hydrogen-bond donors (Lipinski definition) is 2. The van der Waals surface area contributed by atoms with Crippen molar-refractivity contribution in [2.75, 3.05) is 6.54 Å². The molecule has 0 saturated carbocycles. The summed E-state index contributed by atoms with van der Waals surface area (Å²) in [6.07, 6.45) is 16.5. The van der Waals surface area contributed by atoms with Crippen molar-refractivity contribution < 1.29 is 0 Å². The molecule has 3 heteroatoms. The third-order valence-electron chi connectivity index (χ3n) is 4.66. The maximum absolute atomic E-state index is 5.57. The Labute approximate surface area is 149 Å². The quantitative estimate of drug-likeness (QED) is 0.255.